The van der Waals surface area contributed by atoms with E-state index < -0.39 is 0 Å². The Morgan fingerprint density at radius 1 is 0.938 bits per heavy atom. The molecule has 1 aromatic rings. The molecule has 0 radical (unpaired) electrons. The van der Waals surface area contributed by atoms with Gasteiger partial charge in [-0.25, -0.2) is 0 Å². The zero-order chi connectivity index (χ0) is 23.3. The first-order chi connectivity index (χ1) is 14.8. The monoisotopic (exact) mass is 437 g/mol. The number of fused-ring (bicyclic) bond motifs is 7. The number of hydrogen-bond acceptors (Lipinski definition) is 3. The van der Waals surface area contributed by atoms with Crippen molar-refractivity contribution in [1.82, 2.24) is 0 Å². The third kappa shape index (κ3) is 2.58. The molecule has 1 aromatic carbocycles. The van der Waals surface area contributed by atoms with E-state index in [4.69, 9.17) is 5.73 Å². The van der Waals surface area contributed by atoms with Crippen LogP contribution in [-0.2, 0) is 5.41 Å². The molecule has 176 valence electrons. The summed E-state index contributed by atoms with van der Waals surface area (Å²) in [7, 11) is 0. The lowest BCUT2D eigenvalue weighted by Crippen LogP contribution is -2.64. The molecule has 0 amide bonds. The normalized spacial score (nSPS) is 47.2. The summed E-state index contributed by atoms with van der Waals surface area (Å²) in [6.07, 6.45) is 13.4. The Kier molecular flexibility index (Phi) is 4.57. The predicted molar refractivity (Wildman–Crippen MR) is 132 cm³/mol. The fourth-order valence-electron chi connectivity index (χ4n) is 9.07. The molecule has 0 aromatic heterocycles. The minimum absolute atomic E-state index is 0.0200. The van der Waals surface area contributed by atoms with E-state index in [1.165, 1.54) is 44.1 Å². The Hall–Kier alpha value is -1.48. The van der Waals surface area contributed by atoms with Crippen LogP contribution in [0.3, 0.4) is 0 Å². The number of benzene rings is 1. The van der Waals surface area contributed by atoms with Crippen LogP contribution in [0, 0.1) is 40.4 Å². The maximum absolute atomic E-state index is 10.5. The third-order valence-corrected chi connectivity index (χ3v) is 11.8. The van der Waals surface area contributed by atoms with Gasteiger partial charge >= 0.3 is 0 Å². The van der Waals surface area contributed by atoms with Crippen LogP contribution < -0.4 is 5.73 Å². The highest BCUT2D eigenvalue weighted by atomic mass is 16.3. The molecule has 4 aliphatic carbocycles. The van der Waals surface area contributed by atoms with Gasteiger partial charge in [0, 0.05) is 11.0 Å². The molecule has 0 saturated heterocycles. The first kappa shape index (κ1) is 22.3. The highest BCUT2D eigenvalue weighted by molar-refractivity contribution is 5.69. The Morgan fingerprint density at radius 2 is 1.59 bits per heavy atom. The van der Waals surface area contributed by atoms with Crippen LogP contribution in [0.1, 0.15) is 96.3 Å². The van der Waals surface area contributed by atoms with Crippen LogP contribution in [0.5, 0.6) is 11.5 Å². The third-order valence-electron chi connectivity index (χ3n) is 11.8. The van der Waals surface area contributed by atoms with Gasteiger partial charge in [-0.1, -0.05) is 46.8 Å². The molecule has 7 atom stereocenters. The summed E-state index contributed by atoms with van der Waals surface area (Å²) in [5.74, 6) is 1.18. The van der Waals surface area contributed by atoms with E-state index in [0.29, 0.717) is 17.3 Å². The van der Waals surface area contributed by atoms with Crippen molar-refractivity contribution in [2.75, 3.05) is 6.54 Å². The van der Waals surface area contributed by atoms with Gasteiger partial charge in [0.05, 0.1) is 0 Å². The van der Waals surface area contributed by atoms with E-state index in [1.54, 1.807) is 0 Å². The van der Waals surface area contributed by atoms with E-state index >= 15 is 0 Å². The fraction of sp³-hybridized carbons (Fsp3) is 0.724. The van der Waals surface area contributed by atoms with Gasteiger partial charge in [0.15, 0.2) is 11.5 Å². The van der Waals surface area contributed by atoms with Gasteiger partial charge in [0.1, 0.15) is 0 Å². The summed E-state index contributed by atoms with van der Waals surface area (Å²) < 4.78 is 0. The van der Waals surface area contributed by atoms with Crippen molar-refractivity contribution in [2.24, 2.45) is 39.2 Å². The lowest BCUT2D eigenvalue weighted by molar-refractivity contribution is -0.198. The van der Waals surface area contributed by atoms with Crippen LogP contribution in [-0.4, -0.2) is 16.8 Å². The highest BCUT2D eigenvalue weighted by Crippen LogP contribution is 2.75. The second kappa shape index (κ2) is 6.56. The molecule has 0 aliphatic heterocycles. The molecule has 3 nitrogen and oxygen atoms in total. The van der Waals surface area contributed by atoms with Crippen molar-refractivity contribution >= 4 is 6.08 Å². The molecule has 5 rings (SSSR count). The lowest BCUT2D eigenvalue weighted by Gasteiger charge is -2.71. The topological polar surface area (TPSA) is 66.5 Å². The second-order valence-electron chi connectivity index (χ2n) is 13.3. The maximum Gasteiger partial charge on any atom is 0.161 e. The maximum atomic E-state index is 10.5. The minimum atomic E-state index is -0.0200. The molecular formula is C29H43NO2. The first-order valence-electron chi connectivity index (χ1n) is 12.8. The quantitative estimate of drug-likeness (QED) is 0.429. The number of rotatable bonds is 1. The summed E-state index contributed by atoms with van der Waals surface area (Å²) in [6.45, 7) is 15.3. The summed E-state index contributed by atoms with van der Waals surface area (Å²) >= 11 is 0. The number of allylic oxidation sites excluding steroid dienone is 1. The van der Waals surface area contributed by atoms with Gasteiger partial charge < -0.3 is 15.9 Å². The largest absolute Gasteiger partial charge is 0.504 e. The van der Waals surface area contributed by atoms with Crippen molar-refractivity contribution in [3.63, 3.8) is 0 Å². The second-order valence-corrected chi connectivity index (χ2v) is 13.3. The molecule has 0 bridgehead atoms. The Balaban J connectivity index is 1.62. The number of nitrogens with two attached hydrogens (primary N) is 1. The lowest BCUT2D eigenvalue weighted by atomic mass is 9.33. The van der Waals surface area contributed by atoms with Gasteiger partial charge in [-0.05, 0) is 109 Å². The summed E-state index contributed by atoms with van der Waals surface area (Å²) in [4.78, 5) is 0. The molecule has 3 saturated carbocycles. The minimum Gasteiger partial charge on any atom is -0.504 e. The van der Waals surface area contributed by atoms with Crippen LogP contribution in [0.25, 0.3) is 6.08 Å². The fourth-order valence-corrected chi connectivity index (χ4v) is 9.07. The van der Waals surface area contributed by atoms with Crippen molar-refractivity contribution < 1.29 is 10.2 Å². The van der Waals surface area contributed by atoms with E-state index in [1.807, 2.05) is 13.0 Å². The molecule has 3 fully saturated rings. The standard InChI is InChI=1S/C29H43NO2/c1-18-19-7-8-22-27(4,20(19)15-21(31)24(18)32)12-14-29(6)23-16-25(2,17-30)9-10-26(23,3)11-13-28(22,29)5/h7-8,15,22-23,31-32H,9-14,16-17,30H2,1-6H3/t22?,23-,25-,26-,27?,28-,29+/m1/s1. The van der Waals surface area contributed by atoms with Crippen LogP contribution in [0.2, 0.25) is 0 Å². The number of aromatic hydroxyl groups is 2. The molecule has 32 heavy (non-hydrogen) atoms. The first-order valence-corrected chi connectivity index (χ1v) is 12.8. The van der Waals surface area contributed by atoms with Gasteiger partial charge in [-0.2, -0.15) is 0 Å². The highest BCUT2D eigenvalue weighted by Gasteiger charge is 2.67. The zero-order valence-electron chi connectivity index (χ0n) is 21.0. The molecule has 3 heteroatoms. The van der Waals surface area contributed by atoms with E-state index in [9.17, 15) is 10.2 Å². The number of phenolic OH excluding ortho intramolecular Hbond substituents is 2. The van der Waals surface area contributed by atoms with Crippen LogP contribution in [0.15, 0.2) is 12.1 Å². The molecule has 0 heterocycles. The molecular weight excluding hydrogens is 394 g/mol. The Morgan fingerprint density at radius 3 is 2.28 bits per heavy atom. The van der Waals surface area contributed by atoms with Gasteiger partial charge in [-0.3, -0.25) is 0 Å². The smallest absolute Gasteiger partial charge is 0.161 e. The van der Waals surface area contributed by atoms with Gasteiger partial charge in [0.2, 0.25) is 0 Å². The van der Waals surface area contributed by atoms with Crippen LogP contribution >= 0.6 is 0 Å². The average Bonchev–Trinajstić information content (AvgIpc) is 2.76. The summed E-state index contributed by atoms with van der Waals surface area (Å²) in [5, 5.41) is 20.9. The van der Waals surface area contributed by atoms with Gasteiger partial charge in [-0.15, -0.1) is 0 Å². The van der Waals surface area contributed by atoms with E-state index in [0.717, 1.165) is 24.1 Å². The Bertz CT molecular complexity index is 999. The molecule has 4 N–H and O–H groups in total. The van der Waals surface area contributed by atoms with Crippen LogP contribution in [0.4, 0.5) is 0 Å². The molecule has 4 aliphatic rings. The number of phenols is 2. The van der Waals surface area contributed by atoms with E-state index in [-0.39, 0.29) is 33.2 Å². The van der Waals surface area contributed by atoms with E-state index in [2.05, 4.69) is 46.8 Å². The zero-order valence-corrected chi connectivity index (χ0v) is 21.0. The number of hydrogen-bond donors (Lipinski definition) is 3. The van der Waals surface area contributed by atoms with Crippen molar-refractivity contribution in [2.45, 2.75) is 91.9 Å². The SMILES string of the molecule is Cc1c(O)c(O)cc2c1C=CC1C2(C)CC[C@@]2(C)[C@@H]3C[C@](C)(CN)CC[C@]3(C)CC[C@]12C. The van der Waals surface area contributed by atoms with Crippen molar-refractivity contribution in [1.29, 1.82) is 0 Å². The average molecular weight is 438 g/mol. The van der Waals surface area contributed by atoms with Gasteiger partial charge in [0.25, 0.3) is 0 Å². The summed E-state index contributed by atoms with van der Waals surface area (Å²) in [5.41, 5.74) is 10.6. The van der Waals surface area contributed by atoms with Crippen molar-refractivity contribution in [3.05, 3.63) is 28.8 Å². The Labute approximate surface area is 194 Å². The predicted octanol–water partition coefficient (Wildman–Crippen LogP) is 6.68. The van der Waals surface area contributed by atoms with Crippen molar-refractivity contribution in [3.8, 4) is 11.5 Å². The molecule has 0 spiro atoms. The molecule has 2 unspecified atom stereocenters. The summed E-state index contributed by atoms with van der Waals surface area (Å²) in [6, 6.07) is 1.86.